The fraction of sp³-hybridized carbons (Fsp3) is 0.611. The first-order valence-electron chi connectivity index (χ1n) is 8.35. The zero-order chi connectivity index (χ0) is 19.2. The van der Waals surface area contributed by atoms with Crippen LogP contribution in [0.2, 0.25) is 0 Å². The van der Waals surface area contributed by atoms with E-state index < -0.39 is 17.4 Å². The number of carbonyl (C=O) groups excluding carboxylic acids is 1. The summed E-state index contributed by atoms with van der Waals surface area (Å²) in [5.74, 6) is -2.08. The van der Waals surface area contributed by atoms with Gasteiger partial charge in [0.15, 0.2) is 17.4 Å². The Bertz CT molecular complexity index is 559. The van der Waals surface area contributed by atoms with Gasteiger partial charge in [0.1, 0.15) is 5.60 Å². The van der Waals surface area contributed by atoms with E-state index in [4.69, 9.17) is 9.84 Å². The number of ether oxygens (including phenoxy) is 1. The number of hydrogen-bond donors (Lipinski definition) is 1. The van der Waals surface area contributed by atoms with Crippen molar-refractivity contribution in [1.29, 1.82) is 0 Å². The summed E-state index contributed by atoms with van der Waals surface area (Å²) in [5, 5.41) is 8.56. The second-order valence-corrected chi connectivity index (χ2v) is 7.95. The number of phenols is 1. The summed E-state index contributed by atoms with van der Waals surface area (Å²) in [6.45, 7) is 9.64. The molecule has 142 valence electrons. The van der Waals surface area contributed by atoms with Crippen LogP contribution in [0.4, 0.5) is 13.6 Å². The summed E-state index contributed by atoms with van der Waals surface area (Å²) in [6, 6.07) is 1.97. The van der Waals surface area contributed by atoms with Gasteiger partial charge in [-0.2, -0.15) is 0 Å². The molecular weight excluding hydrogens is 396 g/mol. The molecular formula is C18H26BrF2NO3. The number of nitrogens with zero attached hydrogens (tertiary/aromatic N) is 1. The molecule has 0 aliphatic carbocycles. The Morgan fingerprint density at radius 2 is 1.76 bits per heavy atom. The monoisotopic (exact) mass is 421 g/mol. The Morgan fingerprint density at radius 3 is 2.16 bits per heavy atom. The minimum Gasteiger partial charge on any atom is -0.503 e. The lowest BCUT2D eigenvalue weighted by Gasteiger charge is -2.33. The Morgan fingerprint density at radius 1 is 1.28 bits per heavy atom. The highest BCUT2D eigenvalue weighted by Crippen LogP contribution is 2.24. The van der Waals surface area contributed by atoms with Crippen LogP contribution < -0.4 is 0 Å². The fourth-order valence-corrected chi connectivity index (χ4v) is 2.79. The Labute approximate surface area is 156 Å². The van der Waals surface area contributed by atoms with E-state index in [1.807, 2.05) is 25.7 Å². The molecule has 0 bridgehead atoms. The van der Waals surface area contributed by atoms with E-state index in [1.165, 1.54) is 6.42 Å². The van der Waals surface area contributed by atoms with Gasteiger partial charge in [0.05, 0.1) is 0 Å². The predicted octanol–water partition coefficient (Wildman–Crippen LogP) is 5.48. The molecule has 0 unspecified atom stereocenters. The molecule has 0 atom stereocenters. The van der Waals surface area contributed by atoms with Gasteiger partial charge in [-0.15, -0.1) is 0 Å². The molecule has 1 aliphatic heterocycles. The predicted molar refractivity (Wildman–Crippen MR) is 96.5 cm³/mol. The molecule has 1 aromatic carbocycles. The molecule has 1 heterocycles. The number of likely N-dealkylation sites (tertiary alicyclic amines) is 1. The van der Waals surface area contributed by atoms with Gasteiger partial charge < -0.3 is 14.7 Å². The average molecular weight is 422 g/mol. The van der Waals surface area contributed by atoms with Crippen LogP contribution >= 0.6 is 15.9 Å². The largest absolute Gasteiger partial charge is 0.503 e. The molecule has 1 N–H and O–H groups in total. The Balaban J connectivity index is 0.000000271. The number of halogens is 3. The second-order valence-electron chi connectivity index (χ2n) is 7.04. The smallest absolute Gasteiger partial charge is 0.410 e. The number of benzene rings is 1. The van der Waals surface area contributed by atoms with Crippen LogP contribution in [-0.4, -0.2) is 34.8 Å². The van der Waals surface area contributed by atoms with Gasteiger partial charge in [-0.1, -0.05) is 29.3 Å². The first-order valence-corrected chi connectivity index (χ1v) is 9.14. The molecule has 0 radical (unpaired) electrons. The van der Waals surface area contributed by atoms with Crippen LogP contribution in [0.3, 0.4) is 0 Å². The van der Waals surface area contributed by atoms with Crippen molar-refractivity contribution in [3.63, 3.8) is 0 Å². The third-order valence-electron chi connectivity index (χ3n) is 3.83. The van der Waals surface area contributed by atoms with Crippen molar-refractivity contribution in [1.82, 2.24) is 4.90 Å². The summed E-state index contributed by atoms with van der Waals surface area (Å²) in [7, 11) is 0. The average Bonchev–Trinajstić information content (AvgIpc) is 2.51. The van der Waals surface area contributed by atoms with Gasteiger partial charge in [-0.05, 0) is 51.7 Å². The van der Waals surface area contributed by atoms with Crippen molar-refractivity contribution in [2.45, 2.75) is 52.6 Å². The van der Waals surface area contributed by atoms with Crippen LogP contribution in [0, 0.1) is 17.6 Å². The number of hydrogen-bond acceptors (Lipinski definition) is 3. The minimum absolute atomic E-state index is 0.156. The van der Waals surface area contributed by atoms with Crippen LogP contribution in [0.5, 0.6) is 5.75 Å². The normalized spacial score (nSPS) is 15.4. The van der Waals surface area contributed by atoms with E-state index in [0.29, 0.717) is 0 Å². The molecule has 1 amide bonds. The zero-order valence-electron chi connectivity index (χ0n) is 15.1. The van der Waals surface area contributed by atoms with Crippen molar-refractivity contribution in [3.8, 4) is 5.75 Å². The fourth-order valence-electron chi connectivity index (χ4n) is 2.38. The van der Waals surface area contributed by atoms with Crippen LogP contribution in [-0.2, 0) is 4.74 Å². The number of aromatic hydroxyl groups is 1. The third-order valence-corrected chi connectivity index (χ3v) is 4.28. The highest BCUT2D eigenvalue weighted by atomic mass is 79.9. The maximum absolute atomic E-state index is 12.3. The van der Waals surface area contributed by atoms with E-state index in [9.17, 15) is 13.6 Å². The maximum Gasteiger partial charge on any atom is 0.410 e. The lowest BCUT2D eigenvalue weighted by atomic mass is 9.95. The van der Waals surface area contributed by atoms with Gasteiger partial charge in [-0.25, -0.2) is 13.6 Å². The molecule has 0 saturated carbocycles. The molecule has 1 aromatic rings. The maximum atomic E-state index is 12.3. The van der Waals surface area contributed by atoms with Crippen molar-refractivity contribution in [2.24, 2.45) is 5.92 Å². The molecule has 0 spiro atoms. The molecule has 1 fully saturated rings. The van der Waals surface area contributed by atoms with Crippen LogP contribution in [0.1, 0.15) is 47.0 Å². The van der Waals surface area contributed by atoms with Crippen LogP contribution in [0.25, 0.3) is 0 Å². The van der Waals surface area contributed by atoms with Gasteiger partial charge >= 0.3 is 6.09 Å². The molecule has 0 aromatic heterocycles. The summed E-state index contributed by atoms with van der Waals surface area (Å²) in [6.07, 6.45) is 3.31. The second kappa shape index (κ2) is 9.36. The van der Waals surface area contributed by atoms with Gasteiger partial charge in [-0.3, -0.25) is 0 Å². The van der Waals surface area contributed by atoms with E-state index in [1.54, 1.807) is 0 Å². The van der Waals surface area contributed by atoms with E-state index in [-0.39, 0.29) is 16.2 Å². The van der Waals surface area contributed by atoms with Gasteiger partial charge in [0, 0.05) is 17.6 Å². The molecule has 1 aliphatic rings. The quantitative estimate of drug-likeness (QED) is 0.653. The zero-order valence-corrected chi connectivity index (χ0v) is 16.7. The number of piperidine rings is 1. The third kappa shape index (κ3) is 7.59. The minimum atomic E-state index is -0.966. The van der Waals surface area contributed by atoms with Crippen molar-refractivity contribution in [3.05, 3.63) is 28.2 Å². The van der Waals surface area contributed by atoms with Crippen molar-refractivity contribution < 1.29 is 23.4 Å². The SMILES string of the molecule is CCC1CCN(C(=O)OC(C)(C)C)CC1.Oc1c(F)cc(Br)cc1F. The molecule has 25 heavy (non-hydrogen) atoms. The highest BCUT2D eigenvalue weighted by Gasteiger charge is 2.25. The van der Waals surface area contributed by atoms with Crippen molar-refractivity contribution >= 4 is 22.0 Å². The van der Waals surface area contributed by atoms with Crippen molar-refractivity contribution in [2.75, 3.05) is 13.1 Å². The van der Waals surface area contributed by atoms with E-state index in [2.05, 4.69) is 22.9 Å². The Hall–Kier alpha value is -1.37. The molecule has 4 nitrogen and oxygen atoms in total. The molecule has 1 saturated heterocycles. The van der Waals surface area contributed by atoms with Crippen LogP contribution in [0.15, 0.2) is 16.6 Å². The highest BCUT2D eigenvalue weighted by molar-refractivity contribution is 9.10. The lowest BCUT2D eigenvalue weighted by Crippen LogP contribution is -2.41. The Kier molecular flexibility index (Phi) is 8.12. The van der Waals surface area contributed by atoms with E-state index in [0.717, 1.165) is 44.0 Å². The summed E-state index contributed by atoms with van der Waals surface area (Å²) in [4.78, 5) is 13.5. The van der Waals surface area contributed by atoms with Gasteiger partial charge in [0.25, 0.3) is 0 Å². The number of carbonyl (C=O) groups is 1. The topological polar surface area (TPSA) is 49.8 Å². The van der Waals surface area contributed by atoms with E-state index >= 15 is 0 Å². The summed E-state index contributed by atoms with van der Waals surface area (Å²) in [5.41, 5.74) is -0.376. The first-order chi connectivity index (χ1) is 11.5. The molecule has 7 heteroatoms. The number of phenolic OH excluding ortho intramolecular Hbond substituents is 1. The lowest BCUT2D eigenvalue weighted by molar-refractivity contribution is 0.0183. The first kappa shape index (κ1) is 21.7. The standard InChI is InChI=1S/C12H23NO2.C6H3BrF2O/c1-5-10-6-8-13(9-7-10)11(14)15-12(2,3)4;7-3-1-4(8)6(10)5(9)2-3/h10H,5-9H2,1-4H3;1-2,10H. The summed E-state index contributed by atoms with van der Waals surface area (Å²) < 4.78 is 30.2. The molecule has 2 rings (SSSR count). The summed E-state index contributed by atoms with van der Waals surface area (Å²) >= 11 is 2.86. The van der Waals surface area contributed by atoms with Gasteiger partial charge in [0.2, 0.25) is 0 Å². The number of rotatable bonds is 1. The number of amides is 1.